The van der Waals surface area contributed by atoms with Gasteiger partial charge in [-0.15, -0.1) is 4.90 Å². The van der Waals surface area contributed by atoms with Crippen LogP contribution in [0.3, 0.4) is 0 Å². The van der Waals surface area contributed by atoms with Crippen LogP contribution in [0.25, 0.3) is 0 Å². The average Bonchev–Trinajstić information content (AvgIpc) is 2.75. The molecule has 0 aliphatic carbocycles. The van der Waals surface area contributed by atoms with Gasteiger partial charge >= 0.3 is 18.3 Å². The number of imide groups is 1. The van der Waals surface area contributed by atoms with E-state index < -0.39 is 29.5 Å². The summed E-state index contributed by atoms with van der Waals surface area (Å²) in [6, 6.07) is 9.43. The number of anilines is 1. The van der Waals surface area contributed by atoms with Crippen LogP contribution in [0.1, 0.15) is 58.4 Å². The molecule has 0 unspecified atom stereocenters. The van der Waals surface area contributed by atoms with Gasteiger partial charge in [-0.2, -0.15) is 0 Å². The summed E-state index contributed by atoms with van der Waals surface area (Å²) in [6.45, 7) is 11.0. The summed E-state index contributed by atoms with van der Waals surface area (Å²) in [7, 11) is 0. The number of fused-ring (bicyclic) bond motifs is 1. The Balaban J connectivity index is 1.75. The molecule has 0 atom stereocenters. The summed E-state index contributed by atoms with van der Waals surface area (Å²) < 4.78 is 16.2. The standard InChI is InChI=1S/C25H32N4O6/c1-24(2,3)34-22(31)29(23(32)35-25(4,5)6)20-26-14-18-15-28(13-12-19(18)27-20)21(30)33-16-17-10-8-7-9-11-17/h7-11,14H,12-13,15-16H2,1-6H3. The first-order chi connectivity index (χ1) is 16.3. The molecule has 35 heavy (non-hydrogen) atoms. The molecule has 2 aromatic rings. The Morgan fingerprint density at radius 3 is 2.14 bits per heavy atom. The van der Waals surface area contributed by atoms with Crippen molar-refractivity contribution in [3.05, 3.63) is 53.3 Å². The van der Waals surface area contributed by atoms with Crippen LogP contribution in [0, 0.1) is 0 Å². The molecular weight excluding hydrogens is 452 g/mol. The molecule has 1 aliphatic heterocycles. The quantitative estimate of drug-likeness (QED) is 0.569. The zero-order valence-corrected chi connectivity index (χ0v) is 21.0. The minimum atomic E-state index is -0.936. The number of rotatable bonds is 3. The number of ether oxygens (including phenoxy) is 3. The first-order valence-electron chi connectivity index (χ1n) is 11.4. The monoisotopic (exact) mass is 484 g/mol. The molecular formula is C25H32N4O6. The van der Waals surface area contributed by atoms with Gasteiger partial charge in [-0.3, -0.25) is 0 Å². The van der Waals surface area contributed by atoms with Crippen LogP contribution >= 0.6 is 0 Å². The van der Waals surface area contributed by atoms with Gasteiger partial charge in [0.2, 0.25) is 5.95 Å². The maximum Gasteiger partial charge on any atom is 0.427 e. The summed E-state index contributed by atoms with van der Waals surface area (Å²) in [4.78, 5) is 49.1. The highest BCUT2D eigenvalue weighted by Gasteiger charge is 2.35. The highest BCUT2D eigenvalue weighted by Crippen LogP contribution is 2.23. The fourth-order valence-corrected chi connectivity index (χ4v) is 3.23. The van der Waals surface area contributed by atoms with E-state index in [0.717, 1.165) is 5.56 Å². The number of hydrogen-bond donors (Lipinski definition) is 0. The zero-order valence-electron chi connectivity index (χ0n) is 21.0. The molecule has 10 nitrogen and oxygen atoms in total. The van der Waals surface area contributed by atoms with Crippen molar-refractivity contribution in [3.63, 3.8) is 0 Å². The van der Waals surface area contributed by atoms with Crippen LogP contribution in [0.2, 0.25) is 0 Å². The second-order valence-corrected chi connectivity index (χ2v) is 10.1. The van der Waals surface area contributed by atoms with Crippen LogP contribution in [0.5, 0.6) is 0 Å². The van der Waals surface area contributed by atoms with Crippen molar-refractivity contribution >= 4 is 24.2 Å². The lowest BCUT2D eigenvalue weighted by atomic mass is 10.1. The van der Waals surface area contributed by atoms with Crippen LogP contribution in [0.15, 0.2) is 36.5 Å². The number of benzene rings is 1. The second kappa shape index (κ2) is 10.3. The Labute approximate surface area is 205 Å². The predicted molar refractivity (Wildman–Crippen MR) is 128 cm³/mol. The molecule has 188 valence electrons. The minimum Gasteiger partial charge on any atom is -0.445 e. The SMILES string of the molecule is CC(C)(C)OC(=O)N(C(=O)OC(C)(C)C)c1ncc2c(n1)CCN(C(=O)OCc1ccccc1)C2. The molecule has 1 aromatic carbocycles. The predicted octanol–water partition coefficient (Wildman–Crippen LogP) is 4.85. The number of carbonyl (C=O) groups is 3. The summed E-state index contributed by atoms with van der Waals surface area (Å²) in [6.07, 6.45) is -0.410. The molecule has 3 amide bonds. The number of aromatic nitrogens is 2. The van der Waals surface area contributed by atoms with Crippen molar-refractivity contribution in [1.29, 1.82) is 0 Å². The van der Waals surface area contributed by atoms with E-state index in [1.165, 1.54) is 6.20 Å². The number of carbonyl (C=O) groups excluding carboxylic acids is 3. The van der Waals surface area contributed by atoms with Crippen LogP contribution < -0.4 is 4.90 Å². The highest BCUT2D eigenvalue weighted by molar-refractivity contribution is 6.08. The van der Waals surface area contributed by atoms with Gasteiger partial charge < -0.3 is 19.1 Å². The van der Waals surface area contributed by atoms with Crippen molar-refractivity contribution in [3.8, 4) is 0 Å². The third-order valence-corrected chi connectivity index (χ3v) is 4.74. The van der Waals surface area contributed by atoms with Gasteiger partial charge in [0.25, 0.3) is 0 Å². The molecule has 3 rings (SSSR count). The van der Waals surface area contributed by atoms with E-state index in [2.05, 4.69) is 9.97 Å². The second-order valence-electron chi connectivity index (χ2n) is 10.1. The maximum absolute atomic E-state index is 12.8. The van der Waals surface area contributed by atoms with Gasteiger partial charge in [-0.1, -0.05) is 30.3 Å². The summed E-state index contributed by atoms with van der Waals surface area (Å²) in [5.41, 5.74) is 0.540. The number of amides is 3. The number of hydrogen-bond acceptors (Lipinski definition) is 8. The Bertz CT molecular complexity index is 1050. The van der Waals surface area contributed by atoms with E-state index >= 15 is 0 Å². The van der Waals surface area contributed by atoms with Gasteiger partial charge in [0.15, 0.2) is 0 Å². The Hall–Kier alpha value is -3.69. The van der Waals surface area contributed by atoms with E-state index in [9.17, 15) is 14.4 Å². The third kappa shape index (κ3) is 7.40. The first kappa shape index (κ1) is 25.9. The van der Waals surface area contributed by atoms with Crippen LogP contribution in [-0.4, -0.2) is 50.9 Å². The molecule has 2 heterocycles. The van der Waals surface area contributed by atoms with Crippen molar-refractivity contribution in [1.82, 2.24) is 14.9 Å². The largest absolute Gasteiger partial charge is 0.445 e. The third-order valence-electron chi connectivity index (χ3n) is 4.74. The Morgan fingerprint density at radius 2 is 1.57 bits per heavy atom. The molecule has 1 aliphatic rings. The zero-order chi connectivity index (χ0) is 25.8. The van der Waals surface area contributed by atoms with E-state index in [1.807, 2.05) is 30.3 Å². The summed E-state index contributed by atoms with van der Waals surface area (Å²) in [5, 5.41) is 0. The van der Waals surface area contributed by atoms with Crippen molar-refractivity contribution in [2.75, 3.05) is 11.4 Å². The van der Waals surface area contributed by atoms with E-state index in [4.69, 9.17) is 14.2 Å². The normalized spacial score (nSPS) is 13.5. The van der Waals surface area contributed by atoms with Crippen molar-refractivity contribution in [2.45, 2.75) is 72.3 Å². The molecule has 0 fully saturated rings. The first-order valence-corrected chi connectivity index (χ1v) is 11.4. The Kier molecular flexibility index (Phi) is 7.62. The topological polar surface area (TPSA) is 111 Å². The molecule has 0 saturated carbocycles. The fraction of sp³-hybridized carbons (Fsp3) is 0.480. The number of nitrogens with zero attached hydrogens (tertiary/aromatic N) is 4. The highest BCUT2D eigenvalue weighted by atomic mass is 16.6. The van der Waals surface area contributed by atoms with Gasteiger partial charge in [0.1, 0.15) is 17.8 Å². The van der Waals surface area contributed by atoms with E-state index in [0.29, 0.717) is 29.1 Å². The van der Waals surface area contributed by atoms with Crippen LogP contribution in [-0.2, 0) is 33.8 Å². The smallest absolute Gasteiger partial charge is 0.427 e. The molecule has 0 saturated heterocycles. The van der Waals surface area contributed by atoms with Gasteiger partial charge in [-0.25, -0.2) is 24.4 Å². The lowest BCUT2D eigenvalue weighted by Crippen LogP contribution is -2.45. The van der Waals surface area contributed by atoms with E-state index in [-0.39, 0.29) is 19.1 Å². The molecule has 1 aromatic heterocycles. The lowest BCUT2D eigenvalue weighted by Gasteiger charge is -2.29. The van der Waals surface area contributed by atoms with Gasteiger partial charge in [-0.05, 0) is 47.1 Å². The fourth-order valence-electron chi connectivity index (χ4n) is 3.23. The lowest BCUT2D eigenvalue weighted by molar-refractivity contribution is 0.0427. The molecule has 0 radical (unpaired) electrons. The van der Waals surface area contributed by atoms with Crippen molar-refractivity contribution in [2.24, 2.45) is 0 Å². The molecule has 0 spiro atoms. The van der Waals surface area contributed by atoms with Crippen molar-refractivity contribution < 1.29 is 28.6 Å². The van der Waals surface area contributed by atoms with Gasteiger partial charge in [0.05, 0.1) is 12.2 Å². The molecule has 0 N–H and O–H groups in total. The summed E-state index contributed by atoms with van der Waals surface area (Å²) in [5.74, 6) is -0.146. The minimum absolute atomic E-state index is 0.146. The Morgan fingerprint density at radius 1 is 0.971 bits per heavy atom. The summed E-state index contributed by atoms with van der Waals surface area (Å²) >= 11 is 0. The maximum atomic E-state index is 12.8. The molecule has 0 bridgehead atoms. The van der Waals surface area contributed by atoms with E-state index in [1.54, 1.807) is 46.4 Å². The van der Waals surface area contributed by atoms with Crippen LogP contribution in [0.4, 0.5) is 20.3 Å². The molecule has 10 heteroatoms. The average molecular weight is 485 g/mol. The van der Waals surface area contributed by atoms with Gasteiger partial charge in [0, 0.05) is 24.7 Å².